The molecule has 0 saturated heterocycles. The predicted octanol–water partition coefficient (Wildman–Crippen LogP) is 1.64. The second-order valence-corrected chi connectivity index (χ2v) is 4.79. The fraction of sp³-hybridized carbons (Fsp3) is 0.917. The zero-order valence-electron chi connectivity index (χ0n) is 10.2. The van der Waals surface area contributed by atoms with Gasteiger partial charge in [-0.15, -0.1) is 0 Å². The molecule has 4 heteroatoms. The number of nitrogens with one attached hydrogen (secondary N) is 2. The van der Waals surface area contributed by atoms with Gasteiger partial charge in [0.15, 0.2) is 0 Å². The van der Waals surface area contributed by atoms with Gasteiger partial charge in [-0.1, -0.05) is 19.8 Å². The van der Waals surface area contributed by atoms with Crippen molar-refractivity contribution < 1.29 is 9.90 Å². The summed E-state index contributed by atoms with van der Waals surface area (Å²) in [5, 5.41) is 14.3. The molecule has 0 aromatic heterocycles. The van der Waals surface area contributed by atoms with Crippen LogP contribution < -0.4 is 10.6 Å². The fourth-order valence-corrected chi connectivity index (χ4v) is 2.33. The van der Waals surface area contributed by atoms with Crippen molar-refractivity contribution in [1.29, 1.82) is 0 Å². The molecule has 3 N–H and O–H groups in total. The lowest BCUT2D eigenvalue weighted by molar-refractivity contribution is 0.118. The van der Waals surface area contributed by atoms with E-state index in [0.717, 1.165) is 6.54 Å². The smallest absolute Gasteiger partial charge is 0.314 e. The SMILES string of the molecule is CCCC1(CNC(=O)NCCCO)CCC1. The molecule has 0 radical (unpaired) electrons. The van der Waals surface area contributed by atoms with Crippen LogP contribution in [0.3, 0.4) is 0 Å². The highest BCUT2D eigenvalue weighted by molar-refractivity contribution is 5.73. The normalized spacial score (nSPS) is 17.6. The van der Waals surface area contributed by atoms with Crippen LogP contribution in [-0.2, 0) is 0 Å². The Labute approximate surface area is 97.8 Å². The summed E-state index contributed by atoms with van der Waals surface area (Å²) in [4.78, 5) is 11.4. The number of hydrogen-bond acceptors (Lipinski definition) is 2. The zero-order valence-corrected chi connectivity index (χ0v) is 10.2. The fourth-order valence-electron chi connectivity index (χ4n) is 2.33. The van der Waals surface area contributed by atoms with Crippen LogP contribution in [-0.4, -0.2) is 30.8 Å². The lowest BCUT2D eigenvalue weighted by Crippen LogP contribution is -2.45. The molecule has 0 spiro atoms. The van der Waals surface area contributed by atoms with Gasteiger partial charge in [0.25, 0.3) is 0 Å². The van der Waals surface area contributed by atoms with Gasteiger partial charge >= 0.3 is 6.03 Å². The largest absolute Gasteiger partial charge is 0.396 e. The van der Waals surface area contributed by atoms with Crippen LogP contribution in [0.15, 0.2) is 0 Å². The minimum Gasteiger partial charge on any atom is -0.396 e. The van der Waals surface area contributed by atoms with Gasteiger partial charge in [-0.3, -0.25) is 0 Å². The van der Waals surface area contributed by atoms with Gasteiger partial charge < -0.3 is 15.7 Å². The van der Waals surface area contributed by atoms with E-state index in [0.29, 0.717) is 18.4 Å². The Morgan fingerprint density at radius 2 is 2.12 bits per heavy atom. The highest BCUT2D eigenvalue weighted by Crippen LogP contribution is 2.44. The molecule has 94 valence electrons. The molecular weight excluding hydrogens is 204 g/mol. The van der Waals surface area contributed by atoms with E-state index in [1.807, 2.05) is 0 Å². The molecule has 16 heavy (non-hydrogen) atoms. The predicted molar refractivity (Wildman–Crippen MR) is 64.3 cm³/mol. The van der Waals surface area contributed by atoms with Gasteiger partial charge in [-0.2, -0.15) is 0 Å². The van der Waals surface area contributed by atoms with Crippen molar-refractivity contribution in [2.24, 2.45) is 5.41 Å². The molecule has 2 amide bonds. The van der Waals surface area contributed by atoms with Crippen LogP contribution in [0.25, 0.3) is 0 Å². The molecule has 4 nitrogen and oxygen atoms in total. The third-order valence-electron chi connectivity index (χ3n) is 3.44. The average Bonchev–Trinajstić information content (AvgIpc) is 2.22. The van der Waals surface area contributed by atoms with Crippen LogP contribution in [0.4, 0.5) is 4.79 Å². The Hall–Kier alpha value is -0.770. The molecule has 1 aliphatic rings. The summed E-state index contributed by atoms with van der Waals surface area (Å²) in [7, 11) is 0. The number of rotatable bonds is 7. The van der Waals surface area contributed by atoms with Crippen LogP contribution in [0.5, 0.6) is 0 Å². The van der Waals surface area contributed by atoms with Crippen LogP contribution in [0, 0.1) is 5.41 Å². The molecule has 1 aliphatic carbocycles. The molecule has 0 bridgehead atoms. The van der Waals surface area contributed by atoms with Crippen molar-refractivity contribution in [2.75, 3.05) is 19.7 Å². The summed E-state index contributed by atoms with van der Waals surface area (Å²) >= 11 is 0. The molecule has 0 aliphatic heterocycles. The maximum atomic E-state index is 11.4. The molecule has 0 unspecified atom stereocenters. The van der Waals surface area contributed by atoms with Crippen molar-refractivity contribution >= 4 is 6.03 Å². The van der Waals surface area contributed by atoms with Gasteiger partial charge in [0.2, 0.25) is 0 Å². The Morgan fingerprint density at radius 3 is 2.62 bits per heavy atom. The molecule has 1 saturated carbocycles. The van der Waals surface area contributed by atoms with Crippen molar-refractivity contribution in [3.8, 4) is 0 Å². The first kappa shape index (κ1) is 13.3. The van der Waals surface area contributed by atoms with E-state index in [2.05, 4.69) is 17.6 Å². The topological polar surface area (TPSA) is 61.4 Å². The zero-order chi connectivity index (χ0) is 11.9. The Morgan fingerprint density at radius 1 is 1.38 bits per heavy atom. The van der Waals surface area contributed by atoms with Crippen molar-refractivity contribution in [3.63, 3.8) is 0 Å². The third-order valence-corrected chi connectivity index (χ3v) is 3.44. The minimum atomic E-state index is -0.101. The van der Waals surface area contributed by atoms with E-state index in [9.17, 15) is 4.79 Å². The first-order valence-electron chi connectivity index (χ1n) is 6.35. The molecule has 0 heterocycles. The summed E-state index contributed by atoms with van der Waals surface area (Å²) < 4.78 is 0. The van der Waals surface area contributed by atoms with Crippen LogP contribution in [0.2, 0.25) is 0 Å². The average molecular weight is 228 g/mol. The number of aliphatic hydroxyl groups is 1. The summed E-state index contributed by atoms with van der Waals surface area (Å²) in [5.41, 5.74) is 0.378. The van der Waals surface area contributed by atoms with Gasteiger partial charge in [-0.05, 0) is 31.1 Å². The van der Waals surface area contributed by atoms with Crippen molar-refractivity contribution in [3.05, 3.63) is 0 Å². The minimum absolute atomic E-state index is 0.101. The summed E-state index contributed by atoms with van der Waals surface area (Å²) in [6.45, 7) is 3.66. The van der Waals surface area contributed by atoms with Gasteiger partial charge in [0, 0.05) is 19.7 Å². The molecular formula is C12H24N2O2. The number of urea groups is 1. The number of carbonyl (C=O) groups excluding carboxylic acids is 1. The summed E-state index contributed by atoms with van der Waals surface area (Å²) in [5.74, 6) is 0. The highest BCUT2D eigenvalue weighted by Gasteiger charge is 2.35. The third kappa shape index (κ3) is 4.00. The first-order valence-corrected chi connectivity index (χ1v) is 6.35. The Balaban J connectivity index is 2.14. The summed E-state index contributed by atoms with van der Waals surface area (Å²) in [6.07, 6.45) is 6.81. The second kappa shape index (κ2) is 6.74. The van der Waals surface area contributed by atoms with E-state index in [-0.39, 0.29) is 12.6 Å². The standard InChI is InChI=1S/C12H24N2O2/c1-2-5-12(6-3-7-12)10-14-11(16)13-8-4-9-15/h15H,2-10H2,1H3,(H2,13,14,16). The van der Waals surface area contributed by atoms with E-state index in [1.54, 1.807) is 0 Å². The van der Waals surface area contributed by atoms with E-state index < -0.39 is 0 Å². The van der Waals surface area contributed by atoms with Crippen molar-refractivity contribution in [2.45, 2.75) is 45.4 Å². The number of aliphatic hydroxyl groups excluding tert-OH is 1. The molecule has 0 aromatic carbocycles. The maximum Gasteiger partial charge on any atom is 0.314 e. The Kier molecular flexibility index (Phi) is 5.60. The van der Waals surface area contributed by atoms with Crippen LogP contribution in [0.1, 0.15) is 45.4 Å². The van der Waals surface area contributed by atoms with Crippen molar-refractivity contribution in [1.82, 2.24) is 10.6 Å². The van der Waals surface area contributed by atoms with Gasteiger partial charge in [-0.25, -0.2) is 4.79 Å². The molecule has 0 aromatic rings. The lowest BCUT2D eigenvalue weighted by Gasteiger charge is -2.42. The number of amides is 2. The van der Waals surface area contributed by atoms with Gasteiger partial charge in [0.1, 0.15) is 0 Å². The molecule has 0 atom stereocenters. The van der Waals surface area contributed by atoms with E-state index in [1.165, 1.54) is 32.1 Å². The van der Waals surface area contributed by atoms with E-state index >= 15 is 0 Å². The summed E-state index contributed by atoms with van der Waals surface area (Å²) in [6, 6.07) is -0.101. The van der Waals surface area contributed by atoms with E-state index in [4.69, 9.17) is 5.11 Å². The number of hydrogen-bond donors (Lipinski definition) is 3. The monoisotopic (exact) mass is 228 g/mol. The maximum absolute atomic E-state index is 11.4. The lowest BCUT2D eigenvalue weighted by atomic mass is 9.66. The Bertz CT molecular complexity index is 215. The quantitative estimate of drug-likeness (QED) is 0.580. The van der Waals surface area contributed by atoms with Gasteiger partial charge in [0.05, 0.1) is 0 Å². The second-order valence-electron chi connectivity index (χ2n) is 4.79. The molecule has 1 fully saturated rings. The first-order chi connectivity index (χ1) is 7.72. The molecule has 1 rings (SSSR count). The highest BCUT2D eigenvalue weighted by atomic mass is 16.3. The number of carbonyl (C=O) groups is 1. The van der Waals surface area contributed by atoms with Crippen LogP contribution >= 0.6 is 0 Å².